The highest BCUT2D eigenvalue weighted by Gasteiger charge is 2.24. The largest absolute Gasteiger partial charge is 0.507 e. The normalized spacial score (nSPS) is 11.9. The zero-order chi connectivity index (χ0) is 12.2. The van der Waals surface area contributed by atoms with E-state index in [1.807, 2.05) is 0 Å². The second-order valence-electron chi connectivity index (χ2n) is 3.19. The molecule has 0 fully saturated rings. The minimum absolute atomic E-state index is 0.0210. The summed E-state index contributed by atoms with van der Waals surface area (Å²) in [6.07, 6.45) is 0. The molecule has 0 saturated heterocycles. The first-order chi connectivity index (χ1) is 7.54. The number of aliphatic hydroxyl groups is 1. The molecule has 0 aliphatic rings. The molecule has 90 valence electrons. The van der Waals surface area contributed by atoms with Crippen molar-refractivity contribution in [1.82, 2.24) is 4.31 Å². The molecule has 5 nitrogen and oxygen atoms in total. The minimum Gasteiger partial charge on any atom is -0.507 e. The number of hydrogen-bond donors (Lipinski definition) is 2. The highest BCUT2D eigenvalue weighted by atomic mass is 32.2. The molecule has 1 aromatic rings. The Hall–Kier alpha value is -1.11. The zero-order valence-electron chi connectivity index (χ0n) is 9.00. The van der Waals surface area contributed by atoms with Gasteiger partial charge in [0.05, 0.1) is 6.61 Å². The number of phenolic OH excluding ortho intramolecular Hbond substituents is 1. The van der Waals surface area contributed by atoms with E-state index in [0.717, 1.165) is 4.31 Å². The summed E-state index contributed by atoms with van der Waals surface area (Å²) in [5.41, 5.74) is 0. The maximum Gasteiger partial charge on any atom is 0.246 e. The number of aliphatic hydroxyl groups excluding tert-OH is 1. The molecular weight excluding hydrogens is 230 g/mol. The minimum atomic E-state index is -3.72. The lowest BCUT2D eigenvalue weighted by atomic mass is 10.3. The van der Waals surface area contributed by atoms with Gasteiger partial charge in [0, 0.05) is 13.1 Å². The Bertz CT molecular complexity index is 444. The van der Waals surface area contributed by atoms with E-state index < -0.39 is 10.0 Å². The number of hydrogen-bond acceptors (Lipinski definition) is 4. The van der Waals surface area contributed by atoms with Crippen molar-refractivity contribution in [1.29, 1.82) is 0 Å². The van der Waals surface area contributed by atoms with Crippen LogP contribution >= 0.6 is 0 Å². The third-order valence-corrected chi connectivity index (χ3v) is 4.21. The second kappa shape index (κ2) is 5.29. The fourth-order valence-corrected chi connectivity index (χ4v) is 2.90. The number of sulfonamides is 1. The van der Waals surface area contributed by atoms with E-state index in [-0.39, 0.29) is 30.3 Å². The average molecular weight is 245 g/mol. The number of rotatable bonds is 5. The molecule has 6 heteroatoms. The average Bonchev–Trinajstić information content (AvgIpc) is 2.26. The predicted molar refractivity (Wildman–Crippen MR) is 59.6 cm³/mol. The van der Waals surface area contributed by atoms with Crippen LogP contribution in [0.25, 0.3) is 0 Å². The van der Waals surface area contributed by atoms with Gasteiger partial charge in [-0.05, 0) is 12.1 Å². The monoisotopic (exact) mass is 245 g/mol. The molecule has 0 aliphatic heterocycles. The van der Waals surface area contributed by atoms with Gasteiger partial charge in [-0.15, -0.1) is 0 Å². The number of nitrogens with zero attached hydrogens (tertiary/aromatic N) is 1. The van der Waals surface area contributed by atoms with Gasteiger partial charge in [-0.3, -0.25) is 0 Å². The molecule has 0 bridgehead atoms. The van der Waals surface area contributed by atoms with Crippen molar-refractivity contribution in [3.63, 3.8) is 0 Å². The predicted octanol–water partition coefficient (Wildman–Crippen LogP) is 0.395. The van der Waals surface area contributed by atoms with Crippen LogP contribution < -0.4 is 0 Å². The van der Waals surface area contributed by atoms with Gasteiger partial charge in [-0.1, -0.05) is 19.1 Å². The number of para-hydroxylation sites is 1. The van der Waals surface area contributed by atoms with Gasteiger partial charge in [-0.25, -0.2) is 8.42 Å². The lowest BCUT2D eigenvalue weighted by Gasteiger charge is -2.19. The van der Waals surface area contributed by atoms with Crippen LogP contribution in [0.1, 0.15) is 6.92 Å². The molecule has 1 aromatic carbocycles. The van der Waals surface area contributed by atoms with E-state index in [9.17, 15) is 13.5 Å². The van der Waals surface area contributed by atoms with Crippen molar-refractivity contribution in [2.75, 3.05) is 19.7 Å². The summed E-state index contributed by atoms with van der Waals surface area (Å²) in [5, 5.41) is 18.3. The van der Waals surface area contributed by atoms with E-state index in [4.69, 9.17) is 5.11 Å². The third-order valence-electron chi connectivity index (χ3n) is 2.19. The highest BCUT2D eigenvalue weighted by Crippen LogP contribution is 2.24. The number of likely N-dealkylation sites (N-methyl/N-ethyl adjacent to an activating group) is 1. The Kier molecular flexibility index (Phi) is 4.28. The maximum atomic E-state index is 12.0. The van der Waals surface area contributed by atoms with Crippen LogP contribution in [0, 0.1) is 0 Å². The van der Waals surface area contributed by atoms with Crippen molar-refractivity contribution in [3.8, 4) is 5.75 Å². The van der Waals surface area contributed by atoms with Crippen molar-refractivity contribution >= 4 is 10.0 Å². The first kappa shape index (κ1) is 13.0. The summed E-state index contributed by atoms with van der Waals surface area (Å²) in [4.78, 5) is -0.134. The Labute approximate surface area is 95.0 Å². The summed E-state index contributed by atoms with van der Waals surface area (Å²) < 4.78 is 25.2. The standard InChI is InChI=1S/C10H15NO4S/c1-2-11(7-8-12)16(14,15)10-6-4-3-5-9(10)13/h3-6,12-13H,2,7-8H2,1H3. The van der Waals surface area contributed by atoms with Gasteiger partial charge in [-0.2, -0.15) is 4.31 Å². The zero-order valence-corrected chi connectivity index (χ0v) is 9.81. The smallest absolute Gasteiger partial charge is 0.246 e. The first-order valence-electron chi connectivity index (χ1n) is 4.93. The van der Waals surface area contributed by atoms with Crippen LogP contribution in [0.15, 0.2) is 29.2 Å². The van der Waals surface area contributed by atoms with Crippen LogP contribution in [0.5, 0.6) is 5.75 Å². The summed E-state index contributed by atoms with van der Waals surface area (Å²) >= 11 is 0. The number of aromatic hydroxyl groups is 1. The van der Waals surface area contributed by atoms with Crippen molar-refractivity contribution in [2.24, 2.45) is 0 Å². The van der Waals surface area contributed by atoms with Gasteiger partial charge in [0.15, 0.2) is 0 Å². The molecule has 0 aromatic heterocycles. The van der Waals surface area contributed by atoms with Gasteiger partial charge >= 0.3 is 0 Å². The molecule has 0 heterocycles. The molecule has 0 atom stereocenters. The van der Waals surface area contributed by atoms with E-state index >= 15 is 0 Å². The lowest BCUT2D eigenvalue weighted by Crippen LogP contribution is -2.33. The van der Waals surface area contributed by atoms with Crippen molar-refractivity contribution < 1.29 is 18.6 Å². The second-order valence-corrected chi connectivity index (χ2v) is 5.09. The number of benzene rings is 1. The fourth-order valence-electron chi connectivity index (χ4n) is 1.37. The molecule has 2 N–H and O–H groups in total. The van der Waals surface area contributed by atoms with Gasteiger partial charge < -0.3 is 10.2 Å². The van der Waals surface area contributed by atoms with Crippen LogP contribution in [0.2, 0.25) is 0 Å². The third kappa shape index (κ3) is 2.52. The lowest BCUT2D eigenvalue weighted by molar-refractivity contribution is 0.256. The molecule has 0 amide bonds. The van der Waals surface area contributed by atoms with E-state index in [0.29, 0.717) is 0 Å². The van der Waals surface area contributed by atoms with Crippen molar-refractivity contribution in [3.05, 3.63) is 24.3 Å². The first-order valence-corrected chi connectivity index (χ1v) is 6.37. The van der Waals surface area contributed by atoms with Crippen LogP contribution in [0.4, 0.5) is 0 Å². The molecule has 0 aliphatic carbocycles. The molecule has 16 heavy (non-hydrogen) atoms. The van der Waals surface area contributed by atoms with Crippen LogP contribution in [0.3, 0.4) is 0 Å². The molecule has 1 rings (SSSR count). The Morgan fingerprint density at radius 2 is 1.94 bits per heavy atom. The number of phenols is 1. The topological polar surface area (TPSA) is 77.8 Å². The SMILES string of the molecule is CCN(CCO)S(=O)(=O)c1ccccc1O. The molecule has 0 saturated carbocycles. The quantitative estimate of drug-likeness (QED) is 0.787. The van der Waals surface area contributed by atoms with Crippen LogP contribution in [-0.2, 0) is 10.0 Å². The Morgan fingerprint density at radius 3 is 2.44 bits per heavy atom. The Morgan fingerprint density at radius 1 is 1.31 bits per heavy atom. The van der Waals surface area contributed by atoms with E-state index in [1.165, 1.54) is 12.1 Å². The van der Waals surface area contributed by atoms with Gasteiger partial charge in [0.25, 0.3) is 0 Å². The van der Waals surface area contributed by atoms with Gasteiger partial charge in [0.1, 0.15) is 10.6 Å². The molecule has 0 radical (unpaired) electrons. The maximum absolute atomic E-state index is 12.0. The summed E-state index contributed by atoms with van der Waals surface area (Å²) in [5.74, 6) is -0.279. The molecule has 0 unspecified atom stereocenters. The highest BCUT2D eigenvalue weighted by molar-refractivity contribution is 7.89. The van der Waals surface area contributed by atoms with Crippen LogP contribution in [-0.4, -0.2) is 42.6 Å². The summed E-state index contributed by atoms with van der Waals surface area (Å²) in [6.45, 7) is 1.69. The fraction of sp³-hybridized carbons (Fsp3) is 0.400. The molecular formula is C10H15NO4S. The van der Waals surface area contributed by atoms with Crippen molar-refractivity contribution in [2.45, 2.75) is 11.8 Å². The Balaban J connectivity index is 3.15. The summed E-state index contributed by atoms with van der Waals surface area (Å²) in [6, 6.07) is 5.75. The summed E-state index contributed by atoms with van der Waals surface area (Å²) in [7, 11) is -3.72. The molecule has 0 spiro atoms. The van der Waals surface area contributed by atoms with E-state index in [1.54, 1.807) is 19.1 Å². The van der Waals surface area contributed by atoms with E-state index in [2.05, 4.69) is 0 Å². The van der Waals surface area contributed by atoms with Gasteiger partial charge in [0.2, 0.25) is 10.0 Å².